The fraction of sp³-hybridized carbons (Fsp3) is 0.0909. The van der Waals surface area contributed by atoms with E-state index in [1.54, 1.807) is 0 Å². The number of amides is 1. The third-order valence-corrected chi connectivity index (χ3v) is 2.41. The van der Waals surface area contributed by atoms with E-state index in [0.717, 1.165) is 12.1 Å². The third kappa shape index (κ3) is 3.16. The van der Waals surface area contributed by atoms with E-state index in [1.807, 2.05) is 0 Å². The van der Waals surface area contributed by atoms with E-state index in [9.17, 15) is 28.1 Å². The second-order valence-corrected chi connectivity index (χ2v) is 3.82. The molecule has 1 N–H and O–H groups in total. The highest BCUT2D eigenvalue weighted by atomic mass is 19.4. The first-order valence-electron chi connectivity index (χ1n) is 5.36. The normalized spacial score (nSPS) is 11.2. The van der Waals surface area contributed by atoms with Crippen molar-refractivity contribution in [2.75, 3.05) is 5.32 Å². The molecular formula is C11H6F3N3O4. The molecule has 0 aliphatic rings. The van der Waals surface area contributed by atoms with Crippen LogP contribution in [0.1, 0.15) is 16.1 Å². The highest BCUT2D eigenvalue weighted by molar-refractivity contribution is 6.04. The first kappa shape index (κ1) is 14.5. The summed E-state index contributed by atoms with van der Waals surface area (Å²) in [6.07, 6.45) is -4.21. The van der Waals surface area contributed by atoms with E-state index in [1.165, 1.54) is 12.1 Å². The second kappa shape index (κ2) is 5.23. The summed E-state index contributed by atoms with van der Waals surface area (Å²) in [7, 11) is 0. The molecule has 0 radical (unpaired) electrons. The first-order valence-corrected chi connectivity index (χ1v) is 5.36. The third-order valence-electron chi connectivity index (χ3n) is 2.41. The number of hydrogen-bond donors (Lipinski definition) is 1. The molecule has 0 atom stereocenters. The topological polar surface area (TPSA) is 98.3 Å². The number of nitrogens with one attached hydrogen (secondary N) is 1. The number of benzene rings is 1. The van der Waals surface area contributed by atoms with Crippen LogP contribution in [0.5, 0.6) is 0 Å². The van der Waals surface area contributed by atoms with Gasteiger partial charge in [-0.15, -0.1) is 0 Å². The fourth-order valence-corrected chi connectivity index (χ4v) is 1.47. The Balaban J connectivity index is 2.19. The number of anilines is 1. The highest BCUT2D eigenvalue weighted by Gasteiger charge is 2.40. The number of non-ortho nitro benzene ring substituents is 1. The zero-order valence-corrected chi connectivity index (χ0v) is 10.0. The van der Waals surface area contributed by atoms with Crippen molar-refractivity contribution >= 4 is 17.3 Å². The van der Waals surface area contributed by atoms with Crippen LogP contribution in [0.2, 0.25) is 0 Å². The lowest BCUT2D eigenvalue weighted by Gasteiger charge is -2.06. The summed E-state index contributed by atoms with van der Waals surface area (Å²) in [5.74, 6) is -2.60. The molecule has 2 aromatic rings. The number of carbonyl (C=O) groups is 1. The van der Waals surface area contributed by atoms with Crippen LogP contribution in [-0.4, -0.2) is 16.0 Å². The van der Waals surface area contributed by atoms with E-state index in [-0.39, 0.29) is 11.4 Å². The largest absolute Gasteiger partial charge is 0.453 e. The van der Waals surface area contributed by atoms with Crippen LogP contribution in [0.25, 0.3) is 0 Å². The van der Waals surface area contributed by atoms with Crippen molar-refractivity contribution in [3.8, 4) is 0 Å². The molecule has 1 aromatic carbocycles. The van der Waals surface area contributed by atoms with Crippen LogP contribution in [0.3, 0.4) is 0 Å². The fourth-order valence-electron chi connectivity index (χ4n) is 1.47. The minimum Gasteiger partial charge on any atom is -0.351 e. The van der Waals surface area contributed by atoms with Gasteiger partial charge in [-0.25, -0.2) is 0 Å². The number of rotatable bonds is 3. The summed E-state index contributed by atoms with van der Waals surface area (Å²) < 4.78 is 41.6. The standard InChI is InChI=1S/C11H6F3N3O4/c12-11(13,14)9-8(5-15-21-9)10(18)16-6-1-3-7(4-2-6)17(19)20/h1-5H,(H,16,18). The zero-order valence-electron chi connectivity index (χ0n) is 10.0. The molecule has 0 unspecified atom stereocenters. The minimum absolute atomic E-state index is 0.0972. The summed E-state index contributed by atoms with van der Waals surface area (Å²) >= 11 is 0. The Bertz CT molecular complexity index is 679. The molecule has 0 aliphatic heterocycles. The molecule has 2 rings (SSSR count). The summed E-state index contributed by atoms with van der Waals surface area (Å²) in [5.41, 5.74) is -0.894. The molecule has 10 heteroatoms. The molecule has 0 spiro atoms. The van der Waals surface area contributed by atoms with Crippen molar-refractivity contribution < 1.29 is 27.4 Å². The summed E-state index contributed by atoms with van der Waals surface area (Å²) in [5, 5.41) is 15.6. The lowest BCUT2D eigenvalue weighted by atomic mass is 10.2. The summed E-state index contributed by atoms with van der Waals surface area (Å²) in [6.45, 7) is 0. The number of hydrogen-bond acceptors (Lipinski definition) is 5. The van der Waals surface area contributed by atoms with Crippen molar-refractivity contribution in [1.29, 1.82) is 0 Å². The number of nitro benzene ring substituents is 1. The predicted molar refractivity (Wildman–Crippen MR) is 62.6 cm³/mol. The Morgan fingerprint density at radius 1 is 1.29 bits per heavy atom. The monoisotopic (exact) mass is 301 g/mol. The van der Waals surface area contributed by atoms with Gasteiger partial charge in [0.2, 0.25) is 0 Å². The van der Waals surface area contributed by atoms with Gasteiger partial charge < -0.3 is 9.84 Å². The van der Waals surface area contributed by atoms with Crippen molar-refractivity contribution in [1.82, 2.24) is 5.16 Å². The predicted octanol–water partition coefficient (Wildman–Crippen LogP) is 2.85. The van der Waals surface area contributed by atoms with E-state index >= 15 is 0 Å². The number of aromatic nitrogens is 1. The molecule has 1 amide bonds. The van der Waals surface area contributed by atoms with Gasteiger partial charge >= 0.3 is 6.18 Å². The van der Waals surface area contributed by atoms with Crippen LogP contribution in [0.4, 0.5) is 24.5 Å². The molecule has 110 valence electrons. The van der Waals surface area contributed by atoms with Gasteiger partial charge in [0.15, 0.2) is 0 Å². The van der Waals surface area contributed by atoms with Gasteiger partial charge in [-0.1, -0.05) is 5.16 Å². The Kier molecular flexibility index (Phi) is 3.61. The van der Waals surface area contributed by atoms with Crippen LogP contribution in [-0.2, 0) is 6.18 Å². The lowest BCUT2D eigenvalue weighted by molar-refractivity contribution is -0.384. The molecule has 1 heterocycles. The van der Waals surface area contributed by atoms with E-state index in [0.29, 0.717) is 6.20 Å². The maximum absolute atomic E-state index is 12.5. The second-order valence-electron chi connectivity index (χ2n) is 3.82. The maximum Gasteiger partial charge on any atom is 0.453 e. The van der Waals surface area contributed by atoms with Gasteiger partial charge in [0.05, 0.1) is 11.1 Å². The van der Waals surface area contributed by atoms with Crippen molar-refractivity contribution in [3.05, 3.63) is 51.9 Å². The summed E-state index contributed by atoms with van der Waals surface area (Å²) in [6, 6.07) is 4.59. The number of nitrogens with zero attached hydrogens (tertiary/aromatic N) is 2. The average Bonchev–Trinajstić information content (AvgIpc) is 2.88. The zero-order chi connectivity index (χ0) is 15.6. The molecule has 1 aromatic heterocycles. The average molecular weight is 301 g/mol. The molecular weight excluding hydrogens is 295 g/mol. The van der Waals surface area contributed by atoms with Gasteiger partial charge in [-0.2, -0.15) is 13.2 Å². The molecule has 7 nitrogen and oxygen atoms in total. The molecule has 0 saturated heterocycles. The first-order chi connectivity index (χ1) is 9.79. The Morgan fingerprint density at radius 3 is 2.43 bits per heavy atom. The molecule has 0 fully saturated rings. The van der Waals surface area contributed by atoms with Crippen molar-refractivity contribution in [2.24, 2.45) is 0 Å². The maximum atomic E-state index is 12.5. The van der Waals surface area contributed by atoms with Crippen LogP contribution < -0.4 is 5.32 Å². The Hall–Kier alpha value is -2.91. The SMILES string of the molecule is O=C(Nc1ccc([N+](=O)[O-])cc1)c1cnoc1C(F)(F)F. The summed E-state index contributed by atoms with van der Waals surface area (Å²) in [4.78, 5) is 21.5. The van der Waals surface area contributed by atoms with E-state index in [4.69, 9.17) is 0 Å². The van der Waals surface area contributed by atoms with Gasteiger partial charge in [0.1, 0.15) is 5.56 Å². The molecule has 21 heavy (non-hydrogen) atoms. The Morgan fingerprint density at radius 2 is 1.90 bits per heavy atom. The number of halogens is 3. The smallest absolute Gasteiger partial charge is 0.351 e. The van der Waals surface area contributed by atoms with Crippen molar-refractivity contribution in [3.63, 3.8) is 0 Å². The van der Waals surface area contributed by atoms with Gasteiger partial charge in [-0.05, 0) is 12.1 Å². The Labute approximate surface area is 114 Å². The number of nitro groups is 1. The highest BCUT2D eigenvalue weighted by Crippen LogP contribution is 2.32. The lowest BCUT2D eigenvalue weighted by Crippen LogP contribution is -2.16. The van der Waals surface area contributed by atoms with Gasteiger partial charge in [-0.3, -0.25) is 14.9 Å². The number of alkyl halides is 3. The quantitative estimate of drug-likeness (QED) is 0.694. The molecule has 0 aliphatic carbocycles. The molecule has 0 saturated carbocycles. The van der Waals surface area contributed by atoms with Crippen LogP contribution in [0.15, 0.2) is 35.0 Å². The number of carbonyl (C=O) groups excluding carboxylic acids is 1. The van der Waals surface area contributed by atoms with Crippen LogP contribution >= 0.6 is 0 Å². The van der Waals surface area contributed by atoms with Gasteiger partial charge in [0, 0.05) is 17.8 Å². The van der Waals surface area contributed by atoms with Crippen molar-refractivity contribution in [2.45, 2.75) is 6.18 Å². The van der Waals surface area contributed by atoms with Gasteiger partial charge in [0.25, 0.3) is 17.4 Å². The van der Waals surface area contributed by atoms with E-state index in [2.05, 4.69) is 15.0 Å². The van der Waals surface area contributed by atoms with Crippen LogP contribution in [0, 0.1) is 10.1 Å². The van der Waals surface area contributed by atoms with E-state index < -0.39 is 28.3 Å². The minimum atomic E-state index is -4.85. The molecule has 0 bridgehead atoms.